The molecule has 0 aliphatic heterocycles. The molecule has 0 bridgehead atoms. The Labute approximate surface area is 126 Å². The Morgan fingerprint density at radius 1 is 1.33 bits per heavy atom. The smallest absolute Gasteiger partial charge is 0.220 e. The molecule has 2 rings (SSSR count). The van der Waals surface area contributed by atoms with Crippen LogP contribution in [0.4, 0.5) is 11.6 Å². The van der Waals surface area contributed by atoms with E-state index in [1.807, 2.05) is 7.05 Å². The van der Waals surface area contributed by atoms with Crippen LogP contribution in [0, 0.1) is 0 Å². The van der Waals surface area contributed by atoms with Crippen LogP contribution in [0.1, 0.15) is 51.0 Å². The number of hydrogen-bond donors (Lipinski definition) is 3. The van der Waals surface area contributed by atoms with Crippen LogP contribution in [-0.2, 0) is 4.79 Å². The molecule has 0 radical (unpaired) electrons. The fourth-order valence-electron chi connectivity index (χ4n) is 2.27. The molecule has 1 fully saturated rings. The van der Waals surface area contributed by atoms with Gasteiger partial charge in [-0.1, -0.05) is 13.8 Å². The van der Waals surface area contributed by atoms with Crippen LogP contribution in [0.3, 0.4) is 0 Å². The second-order valence-corrected chi connectivity index (χ2v) is 5.76. The van der Waals surface area contributed by atoms with E-state index in [-0.39, 0.29) is 5.91 Å². The summed E-state index contributed by atoms with van der Waals surface area (Å²) in [6, 6.07) is 0.443. The molecule has 1 aliphatic rings. The van der Waals surface area contributed by atoms with E-state index in [2.05, 4.69) is 39.8 Å². The highest BCUT2D eigenvalue weighted by Crippen LogP contribution is 2.27. The normalized spacial score (nSPS) is 14.1. The van der Waals surface area contributed by atoms with E-state index >= 15 is 0 Å². The molecule has 0 aromatic carbocycles. The third kappa shape index (κ3) is 4.58. The fraction of sp³-hybridized carbons (Fsp3) is 0.667. The second-order valence-electron chi connectivity index (χ2n) is 5.76. The van der Waals surface area contributed by atoms with Crippen LogP contribution < -0.4 is 16.0 Å². The maximum atomic E-state index is 11.6. The van der Waals surface area contributed by atoms with Crippen molar-refractivity contribution in [2.75, 3.05) is 24.2 Å². The van der Waals surface area contributed by atoms with Crippen molar-refractivity contribution in [2.45, 2.75) is 51.5 Å². The van der Waals surface area contributed by atoms with E-state index in [1.165, 1.54) is 0 Å². The van der Waals surface area contributed by atoms with Gasteiger partial charge >= 0.3 is 0 Å². The first-order chi connectivity index (χ1) is 10.1. The molecule has 3 N–H and O–H groups in total. The standard InChI is InChI=1S/C15H25N5O/c1-10(2)13-14(16-3)18-9-19-15(13)17-8-4-5-12(21)20-11-6-7-11/h9-11H,4-8H2,1-3H3,(H,20,21)(H2,16,17,18,19). The molecule has 1 saturated carbocycles. The molecule has 0 atom stereocenters. The minimum Gasteiger partial charge on any atom is -0.373 e. The lowest BCUT2D eigenvalue weighted by Gasteiger charge is -2.16. The van der Waals surface area contributed by atoms with Gasteiger partial charge in [-0.3, -0.25) is 4.79 Å². The van der Waals surface area contributed by atoms with Crippen molar-refractivity contribution in [1.82, 2.24) is 15.3 Å². The Balaban J connectivity index is 1.83. The second kappa shape index (κ2) is 7.24. The van der Waals surface area contributed by atoms with Gasteiger partial charge in [0.15, 0.2) is 0 Å². The zero-order chi connectivity index (χ0) is 15.2. The molecule has 6 heteroatoms. The van der Waals surface area contributed by atoms with Crippen molar-refractivity contribution in [3.8, 4) is 0 Å². The Morgan fingerprint density at radius 3 is 2.67 bits per heavy atom. The maximum Gasteiger partial charge on any atom is 0.220 e. The summed E-state index contributed by atoms with van der Waals surface area (Å²) in [6.07, 6.45) is 5.18. The number of nitrogens with zero attached hydrogens (tertiary/aromatic N) is 2. The Morgan fingerprint density at radius 2 is 2.05 bits per heavy atom. The zero-order valence-electron chi connectivity index (χ0n) is 13.1. The molecule has 0 saturated heterocycles. The maximum absolute atomic E-state index is 11.6. The van der Waals surface area contributed by atoms with Crippen LogP contribution in [0.25, 0.3) is 0 Å². The number of rotatable bonds is 8. The SMILES string of the molecule is CNc1ncnc(NCCCC(=O)NC2CC2)c1C(C)C. The number of carbonyl (C=O) groups is 1. The number of amides is 1. The van der Waals surface area contributed by atoms with Crippen LogP contribution in [-0.4, -0.2) is 35.5 Å². The van der Waals surface area contributed by atoms with Crippen molar-refractivity contribution in [3.05, 3.63) is 11.9 Å². The average molecular weight is 291 g/mol. The third-order valence-electron chi connectivity index (χ3n) is 3.51. The van der Waals surface area contributed by atoms with Gasteiger partial charge in [0, 0.05) is 31.6 Å². The summed E-state index contributed by atoms with van der Waals surface area (Å²) >= 11 is 0. The van der Waals surface area contributed by atoms with Gasteiger partial charge in [-0.25, -0.2) is 9.97 Å². The first-order valence-electron chi connectivity index (χ1n) is 7.67. The number of carbonyl (C=O) groups excluding carboxylic acids is 1. The summed E-state index contributed by atoms with van der Waals surface area (Å²) in [5.74, 6) is 2.19. The topological polar surface area (TPSA) is 78.9 Å². The molecule has 1 aromatic rings. The number of anilines is 2. The van der Waals surface area contributed by atoms with E-state index in [9.17, 15) is 4.79 Å². The predicted octanol–water partition coefficient (Wildman–Crippen LogP) is 2.11. The van der Waals surface area contributed by atoms with E-state index in [0.29, 0.717) is 18.4 Å². The van der Waals surface area contributed by atoms with E-state index in [0.717, 1.165) is 43.0 Å². The van der Waals surface area contributed by atoms with Crippen LogP contribution in [0.15, 0.2) is 6.33 Å². The molecule has 0 spiro atoms. The van der Waals surface area contributed by atoms with Crippen LogP contribution in [0.2, 0.25) is 0 Å². The van der Waals surface area contributed by atoms with Gasteiger partial charge in [0.1, 0.15) is 18.0 Å². The van der Waals surface area contributed by atoms with Crippen molar-refractivity contribution < 1.29 is 4.79 Å². The molecule has 116 valence electrons. The fourth-order valence-corrected chi connectivity index (χ4v) is 2.27. The summed E-state index contributed by atoms with van der Waals surface area (Å²) in [7, 11) is 1.86. The van der Waals surface area contributed by atoms with Gasteiger partial charge in [0.25, 0.3) is 0 Å². The molecule has 1 aliphatic carbocycles. The highest BCUT2D eigenvalue weighted by Gasteiger charge is 2.22. The van der Waals surface area contributed by atoms with Crippen molar-refractivity contribution in [3.63, 3.8) is 0 Å². The number of nitrogens with one attached hydrogen (secondary N) is 3. The molecule has 6 nitrogen and oxygen atoms in total. The Kier molecular flexibility index (Phi) is 5.36. The van der Waals surface area contributed by atoms with Gasteiger partial charge < -0.3 is 16.0 Å². The molecule has 1 heterocycles. The summed E-state index contributed by atoms with van der Waals surface area (Å²) in [5, 5.41) is 9.42. The van der Waals surface area contributed by atoms with Crippen LogP contribution in [0.5, 0.6) is 0 Å². The van der Waals surface area contributed by atoms with E-state index in [1.54, 1.807) is 6.33 Å². The summed E-state index contributed by atoms with van der Waals surface area (Å²) in [4.78, 5) is 20.2. The van der Waals surface area contributed by atoms with Gasteiger partial charge in [0.05, 0.1) is 0 Å². The van der Waals surface area contributed by atoms with Gasteiger partial charge in [-0.15, -0.1) is 0 Å². The zero-order valence-corrected chi connectivity index (χ0v) is 13.1. The van der Waals surface area contributed by atoms with Crippen molar-refractivity contribution in [2.24, 2.45) is 0 Å². The van der Waals surface area contributed by atoms with E-state index < -0.39 is 0 Å². The first-order valence-corrected chi connectivity index (χ1v) is 7.67. The summed E-state index contributed by atoms with van der Waals surface area (Å²) in [6.45, 7) is 4.97. The first kappa shape index (κ1) is 15.5. The largest absolute Gasteiger partial charge is 0.373 e. The number of hydrogen-bond acceptors (Lipinski definition) is 5. The molecule has 0 unspecified atom stereocenters. The van der Waals surface area contributed by atoms with E-state index in [4.69, 9.17) is 0 Å². The minimum atomic E-state index is 0.155. The molecule has 1 aromatic heterocycles. The lowest BCUT2D eigenvalue weighted by atomic mass is 10.0. The molecule has 21 heavy (non-hydrogen) atoms. The number of aromatic nitrogens is 2. The van der Waals surface area contributed by atoms with Gasteiger partial charge in [0.2, 0.25) is 5.91 Å². The predicted molar refractivity (Wildman–Crippen MR) is 84.6 cm³/mol. The van der Waals surface area contributed by atoms with Crippen molar-refractivity contribution >= 4 is 17.5 Å². The lowest BCUT2D eigenvalue weighted by molar-refractivity contribution is -0.121. The quantitative estimate of drug-likeness (QED) is 0.639. The highest BCUT2D eigenvalue weighted by molar-refractivity contribution is 5.76. The van der Waals surface area contributed by atoms with Crippen LogP contribution >= 0.6 is 0 Å². The summed E-state index contributed by atoms with van der Waals surface area (Å²) in [5.41, 5.74) is 1.09. The minimum absolute atomic E-state index is 0.155. The van der Waals surface area contributed by atoms with Crippen molar-refractivity contribution in [1.29, 1.82) is 0 Å². The monoisotopic (exact) mass is 291 g/mol. The van der Waals surface area contributed by atoms with Gasteiger partial charge in [-0.05, 0) is 25.2 Å². The average Bonchev–Trinajstić information content (AvgIpc) is 3.26. The lowest BCUT2D eigenvalue weighted by Crippen LogP contribution is -2.25. The molecular weight excluding hydrogens is 266 g/mol. The molecular formula is C15H25N5O. The summed E-state index contributed by atoms with van der Waals surface area (Å²) < 4.78 is 0. The Bertz CT molecular complexity index is 485. The third-order valence-corrected chi connectivity index (χ3v) is 3.51. The molecule has 1 amide bonds. The van der Waals surface area contributed by atoms with Gasteiger partial charge in [-0.2, -0.15) is 0 Å². The highest BCUT2D eigenvalue weighted by atomic mass is 16.1. The Hall–Kier alpha value is -1.85.